The predicted molar refractivity (Wildman–Crippen MR) is 82.2 cm³/mol. The van der Waals surface area contributed by atoms with Gasteiger partial charge >= 0.3 is 0 Å². The summed E-state index contributed by atoms with van der Waals surface area (Å²) >= 11 is 0. The first kappa shape index (κ1) is 16.3. The number of ether oxygens (including phenoxy) is 1. The van der Waals surface area contributed by atoms with Gasteiger partial charge in [-0.1, -0.05) is 18.9 Å². The minimum Gasteiger partial charge on any atom is -0.481 e. The monoisotopic (exact) mass is 302 g/mol. The fourth-order valence-corrected chi connectivity index (χ4v) is 2.75. The number of benzene rings is 1. The standard InChI is InChI=1S/C17H22N2O3/c1-12(22-15-8-4-5-13(9-15)10-18)17(21)19-11-16(20)14-6-2-3-7-14/h4-5,8-9,12,14,16,20H,2-3,6-7,11H2,1H3,(H,19,21). The number of carbonyl (C=O) groups is 1. The fraction of sp³-hybridized carbons (Fsp3) is 0.529. The maximum absolute atomic E-state index is 12.0. The Labute approximate surface area is 130 Å². The first-order chi connectivity index (χ1) is 10.6. The van der Waals surface area contributed by atoms with Crippen LogP contribution < -0.4 is 10.1 Å². The van der Waals surface area contributed by atoms with Gasteiger partial charge in [0.05, 0.1) is 17.7 Å². The van der Waals surface area contributed by atoms with Crippen LogP contribution in [-0.2, 0) is 4.79 Å². The van der Waals surface area contributed by atoms with Crippen molar-refractivity contribution in [3.63, 3.8) is 0 Å². The highest BCUT2D eigenvalue weighted by atomic mass is 16.5. The van der Waals surface area contributed by atoms with E-state index in [0.29, 0.717) is 17.2 Å². The minimum atomic E-state index is -0.676. The Balaban J connectivity index is 1.80. The first-order valence-electron chi connectivity index (χ1n) is 7.72. The number of hydrogen-bond donors (Lipinski definition) is 2. The molecule has 2 rings (SSSR count). The van der Waals surface area contributed by atoms with Gasteiger partial charge in [-0.05, 0) is 43.9 Å². The number of aliphatic hydroxyl groups is 1. The van der Waals surface area contributed by atoms with Gasteiger partial charge in [0.15, 0.2) is 6.10 Å². The molecule has 0 aromatic heterocycles. The van der Waals surface area contributed by atoms with Crippen LogP contribution in [0, 0.1) is 17.2 Å². The van der Waals surface area contributed by atoms with Crippen molar-refractivity contribution in [2.45, 2.75) is 44.8 Å². The highest BCUT2D eigenvalue weighted by Crippen LogP contribution is 2.27. The Bertz CT molecular complexity index is 547. The maximum atomic E-state index is 12.0. The zero-order chi connectivity index (χ0) is 15.9. The molecule has 2 N–H and O–H groups in total. The Morgan fingerprint density at radius 3 is 2.91 bits per heavy atom. The molecule has 118 valence electrons. The molecule has 0 saturated heterocycles. The lowest BCUT2D eigenvalue weighted by atomic mass is 10.0. The van der Waals surface area contributed by atoms with Crippen LogP contribution in [0.3, 0.4) is 0 Å². The highest BCUT2D eigenvalue weighted by Gasteiger charge is 2.24. The maximum Gasteiger partial charge on any atom is 0.260 e. The van der Waals surface area contributed by atoms with Crippen molar-refractivity contribution in [3.05, 3.63) is 29.8 Å². The van der Waals surface area contributed by atoms with Crippen LogP contribution in [0.15, 0.2) is 24.3 Å². The Hall–Kier alpha value is -2.06. The first-order valence-corrected chi connectivity index (χ1v) is 7.72. The number of amides is 1. The molecule has 2 unspecified atom stereocenters. The van der Waals surface area contributed by atoms with Gasteiger partial charge in [-0.3, -0.25) is 4.79 Å². The number of nitrogens with zero attached hydrogens (tertiary/aromatic N) is 1. The molecule has 1 aromatic carbocycles. The third-order valence-electron chi connectivity index (χ3n) is 4.07. The molecule has 0 aliphatic heterocycles. The Kier molecular flexibility index (Phi) is 5.79. The van der Waals surface area contributed by atoms with Crippen LogP contribution in [0.5, 0.6) is 5.75 Å². The van der Waals surface area contributed by atoms with Crippen molar-refractivity contribution >= 4 is 5.91 Å². The van der Waals surface area contributed by atoms with Crippen molar-refractivity contribution < 1.29 is 14.6 Å². The number of nitrogens with one attached hydrogen (secondary N) is 1. The van der Waals surface area contributed by atoms with Crippen molar-refractivity contribution in [1.29, 1.82) is 5.26 Å². The summed E-state index contributed by atoms with van der Waals surface area (Å²) < 4.78 is 5.53. The Morgan fingerprint density at radius 2 is 2.23 bits per heavy atom. The molecule has 1 amide bonds. The highest BCUT2D eigenvalue weighted by molar-refractivity contribution is 5.80. The second kappa shape index (κ2) is 7.81. The molecular weight excluding hydrogens is 280 g/mol. The normalized spacial score (nSPS) is 17.5. The lowest BCUT2D eigenvalue weighted by Gasteiger charge is -2.20. The molecular formula is C17H22N2O3. The molecule has 22 heavy (non-hydrogen) atoms. The molecule has 1 fully saturated rings. The van der Waals surface area contributed by atoms with Crippen LogP contribution in [0.1, 0.15) is 38.2 Å². The number of carbonyl (C=O) groups excluding carboxylic acids is 1. The van der Waals surface area contributed by atoms with Gasteiger partial charge in [-0.15, -0.1) is 0 Å². The number of aliphatic hydroxyl groups excluding tert-OH is 1. The van der Waals surface area contributed by atoms with Crippen LogP contribution >= 0.6 is 0 Å². The van der Waals surface area contributed by atoms with Crippen LogP contribution in [0.4, 0.5) is 0 Å². The van der Waals surface area contributed by atoms with Gasteiger partial charge < -0.3 is 15.2 Å². The summed E-state index contributed by atoms with van der Waals surface area (Å²) in [5.41, 5.74) is 0.488. The van der Waals surface area contributed by atoms with E-state index in [-0.39, 0.29) is 12.5 Å². The van der Waals surface area contributed by atoms with Crippen LogP contribution in [0.25, 0.3) is 0 Å². The average Bonchev–Trinajstić information content (AvgIpc) is 3.06. The molecule has 1 aromatic rings. The van der Waals surface area contributed by atoms with E-state index < -0.39 is 12.2 Å². The molecule has 2 atom stereocenters. The number of rotatable bonds is 6. The third kappa shape index (κ3) is 4.47. The van der Waals surface area contributed by atoms with E-state index in [1.165, 1.54) is 0 Å². The van der Waals surface area contributed by atoms with E-state index in [9.17, 15) is 9.90 Å². The lowest BCUT2D eigenvalue weighted by molar-refractivity contribution is -0.127. The quantitative estimate of drug-likeness (QED) is 0.842. The second-order valence-corrected chi connectivity index (χ2v) is 5.76. The molecule has 5 heteroatoms. The van der Waals surface area contributed by atoms with Crippen molar-refractivity contribution in [3.8, 4) is 11.8 Å². The summed E-state index contributed by atoms with van der Waals surface area (Å²) in [5.74, 6) is 0.515. The lowest BCUT2D eigenvalue weighted by Crippen LogP contribution is -2.41. The van der Waals surface area contributed by atoms with Crippen molar-refractivity contribution in [2.24, 2.45) is 5.92 Å². The zero-order valence-electron chi connectivity index (χ0n) is 12.8. The second-order valence-electron chi connectivity index (χ2n) is 5.76. The largest absolute Gasteiger partial charge is 0.481 e. The molecule has 0 bridgehead atoms. The van der Waals surface area contributed by atoms with E-state index in [1.54, 1.807) is 31.2 Å². The van der Waals surface area contributed by atoms with E-state index in [2.05, 4.69) is 5.32 Å². The summed E-state index contributed by atoms with van der Waals surface area (Å²) in [6, 6.07) is 8.72. The van der Waals surface area contributed by atoms with E-state index >= 15 is 0 Å². The molecule has 0 spiro atoms. The molecule has 1 aliphatic rings. The van der Waals surface area contributed by atoms with Crippen LogP contribution in [-0.4, -0.2) is 29.8 Å². The van der Waals surface area contributed by atoms with Gasteiger partial charge in [0.2, 0.25) is 0 Å². The predicted octanol–water partition coefficient (Wildman–Crippen LogP) is 1.99. The molecule has 1 aliphatic carbocycles. The minimum absolute atomic E-state index is 0.259. The molecule has 0 radical (unpaired) electrons. The number of hydrogen-bond acceptors (Lipinski definition) is 4. The van der Waals surface area contributed by atoms with Gasteiger partial charge in [0.25, 0.3) is 5.91 Å². The summed E-state index contributed by atoms with van der Waals surface area (Å²) in [4.78, 5) is 12.0. The summed E-state index contributed by atoms with van der Waals surface area (Å²) in [6.45, 7) is 1.91. The topological polar surface area (TPSA) is 82.3 Å². The summed E-state index contributed by atoms with van der Waals surface area (Å²) in [5, 5.41) is 21.6. The average molecular weight is 302 g/mol. The zero-order valence-corrected chi connectivity index (χ0v) is 12.8. The summed E-state index contributed by atoms with van der Waals surface area (Å²) in [6.07, 6.45) is 3.22. The van der Waals surface area contributed by atoms with E-state index in [1.807, 2.05) is 6.07 Å². The van der Waals surface area contributed by atoms with E-state index in [4.69, 9.17) is 10.00 Å². The smallest absolute Gasteiger partial charge is 0.260 e. The molecule has 5 nitrogen and oxygen atoms in total. The molecule has 0 heterocycles. The van der Waals surface area contributed by atoms with Crippen molar-refractivity contribution in [1.82, 2.24) is 5.32 Å². The van der Waals surface area contributed by atoms with Crippen molar-refractivity contribution in [2.75, 3.05) is 6.54 Å². The summed E-state index contributed by atoms with van der Waals surface area (Å²) in [7, 11) is 0. The Morgan fingerprint density at radius 1 is 1.50 bits per heavy atom. The van der Waals surface area contributed by atoms with Gasteiger partial charge in [0, 0.05) is 6.54 Å². The van der Waals surface area contributed by atoms with E-state index in [0.717, 1.165) is 25.7 Å². The third-order valence-corrected chi connectivity index (χ3v) is 4.07. The number of nitriles is 1. The van der Waals surface area contributed by atoms with Crippen LogP contribution in [0.2, 0.25) is 0 Å². The molecule has 1 saturated carbocycles. The fourth-order valence-electron chi connectivity index (χ4n) is 2.75. The SMILES string of the molecule is CC(Oc1cccc(C#N)c1)C(=O)NCC(O)C1CCCC1. The van der Waals surface area contributed by atoms with Gasteiger partial charge in [-0.25, -0.2) is 0 Å². The van der Waals surface area contributed by atoms with Gasteiger partial charge in [-0.2, -0.15) is 5.26 Å². The van der Waals surface area contributed by atoms with Gasteiger partial charge in [0.1, 0.15) is 5.75 Å².